The molecular weight excluding hydrogens is 368 g/mol. The summed E-state index contributed by atoms with van der Waals surface area (Å²) in [6.45, 7) is 0. The van der Waals surface area contributed by atoms with Crippen LogP contribution in [0.4, 0.5) is 0 Å². The molecule has 0 saturated heterocycles. The lowest BCUT2D eigenvalue weighted by atomic mass is 10.1. The van der Waals surface area contributed by atoms with Gasteiger partial charge in [0.2, 0.25) is 0 Å². The van der Waals surface area contributed by atoms with Crippen LogP contribution < -0.4 is 5.63 Å². The highest BCUT2D eigenvalue weighted by molar-refractivity contribution is 7.99. The molecule has 0 radical (unpaired) electrons. The second kappa shape index (κ2) is 8.97. The second-order valence-corrected chi connectivity index (χ2v) is 7.46. The van der Waals surface area contributed by atoms with E-state index in [-0.39, 0.29) is 10.6 Å². The Balaban J connectivity index is 1.59. The van der Waals surface area contributed by atoms with E-state index in [1.165, 1.54) is 23.4 Å². The first kappa shape index (κ1) is 18.6. The molecule has 0 amide bonds. The van der Waals surface area contributed by atoms with Crippen molar-refractivity contribution in [3.8, 4) is 17.1 Å². The second-order valence-electron chi connectivity index (χ2n) is 5.91. The zero-order valence-corrected chi connectivity index (χ0v) is 15.7. The number of rotatable bonds is 7. The first-order valence-electron chi connectivity index (χ1n) is 8.43. The Morgan fingerprint density at radius 3 is 2.54 bits per heavy atom. The molecule has 0 aliphatic rings. The Labute approximate surface area is 161 Å². The van der Waals surface area contributed by atoms with Crippen LogP contribution in [0.1, 0.15) is 18.4 Å². The number of unbranched alkanes of at least 4 members (excludes halogenated alkanes) is 1. The molecule has 0 spiro atoms. The van der Waals surface area contributed by atoms with Crippen LogP contribution in [0.5, 0.6) is 5.75 Å². The van der Waals surface area contributed by atoms with Gasteiger partial charge in [0.25, 0.3) is 0 Å². The monoisotopic (exact) mass is 386 g/mol. The van der Waals surface area contributed by atoms with Crippen molar-refractivity contribution in [2.45, 2.75) is 24.2 Å². The predicted octanol–water partition coefficient (Wildman–Crippen LogP) is 5.78. The summed E-state index contributed by atoms with van der Waals surface area (Å²) < 4.78 is 5.36. The van der Waals surface area contributed by atoms with Gasteiger partial charge in [-0.3, -0.25) is 0 Å². The summed E-state index contributed by atoms with van der Waals surface area (Å²) in [6, 6.07) is 18.8. The topological polar surface area (TPSA) is 50.4 Å². The first-order chi connectivity index (χ1) is 12.6. The quantitative estimate of drug-likeness (QED) is 0.413. The molecule has 3 aromatic rings. The van der Waals surface area contributed by atoms with Crippen LogP contribution in [0.25, 0.3) is 11.3 Å². The average molecular weight is 387 g/mol. The maximum atomic E-state index is 12.2. The van der Waals surface area contributed by atoms with E-state index in [1.54, 1.807) is 24.3 Å². The van der Waals surface area contributed by atoms with Gasteiger partial charge in [-0.1, -0.05) is 54.1 Å². The van der Waals surface area contributed by atoms with Crippen LogP contribution in [0.15, 0.2) is 74.8 Å². The number of benzene rings is 2. The van der Waals surface area contributed by atoms with Crippen LogP contribution in [-0.2, 0) is 6.42 Å². The Hall–Kier alpha value is -2.17. The number of halogens is 1. The SMILES string of the molecule is O=c1oc(-c2cccc(Cl)c2)cc(O)c1SCCCCc1ccccc1. The van der Waals surface area contributed by atoms with Gasteiger partial charge in [0.1, 0.15) is 16.4 Å². The maximum absolute atomic E-state index is 12.2. The molecule has 0 unspecified atom stereocenters. The van der Waals surface area contributed by atoms with Gasteiger partial charge < -0.3 is 9.52 Å². The molecule has 3 nitrogen and oxygen atoms in total. The van der Waals surface area contributed by atoms with E-state index in [0.717, 1.165) is 25.0 Å². The highest BCUT2D eigenvalue weighted by Gasteiger charge is 2.13. The van der Waals surface area contributed by atoms with E-state index in [0.29, 0.717) is 16.3 Å². The van der Waals surface area contributed by atoms with E-state index in [4.69, 9.17) is 16.0 Å². The molecule has 3 rings (SSSR count). The van der Waals surface area contributed by atoms with Crippen molar-refractivity contribution in [1.82, 2.24) is 0 Å². The molecule has 0 aliphatic heterocycles. The highest BCUT2D eigenvalue weighted by Crippen LogP contribution is 2.31. The minimum Gasteiger partial charge on any atom is -0.506 e. The molecule has 26 heavy (non-hydrogen) atoms. The molecule has 1 aromatic heterocycles. The number of aromatic hydroxyl groups is 1. The van der Waals surface area contributed by atoms with Gasteiger partial charge in [-0.05, 0) is 42.7 Å². The van der Waals surface area contributed by atoms with Crippen LogP contribution in [0.2, 0.25) is 5.02 Å². The predicted molar refractivity (Wildman–Crippen MR) is 107 cm³/mol. The average Bonchev–Trinajstić information content (AvgIpc) is 2.64. The Kier molecular flexibility index (Phi) is 6.42. The van der Waals surface area contributed by atoms with E-state index < -0.39 is 5.63 Å². The van der Waals surface area contributed by atoms with Crippen molar-refractivity contribution in [2.75, 3.05) is 5.75 Å². The summed E-state index contributed by atoms with van der Waals surface area (Å²) in [7, 11) is 0. The van der Waals surface area contributed by atoms with Gasteiger partial charge >= 0.3 is 5.63 Å². The van der Waals surface area contributed by atoms with Crippen molar-refractivity contribution in [2.24, 2.45) is 0 Å². The third kappa shape index (κ3) is 4.93. The van der Waals surface area contributed by atoms with Gasteiger partial charge in [-0.25, -0.2) is 4.79 Å². The summed E-state index contributed by atoms with van der Waals surface area (Å²) in [5.74, 6) is 1.01. The van der Waals surface area contributed by atoms with Gasteiger partial charge in [-0.15, -0.1) is 11.8 Å². The van der Waals surface area contributed by atoms with Gasteiger partial charge in [0, 0.05) is 16.7 Å². The van der Waals surface area contributed by atoms with Gasteiger partial charge in [-0.2, -0.15) is 0 Å². The molecule has 0 aliphatic carbocycles. The van der Waals surface area contributed by atoms with Crippen LogP contribution >= 0.6 is 23.4 Å². The van der Waals surface area contributed by atoms with Gasteiger partial charge in [0.15, 0.2) is 0 Å². The van der Waals surface area contributed by atoms with E-state index in [2.05, 4.69) is 12.1 Å². The Morgan fingerprint density at radius 2 is 1.81 bits per heavy atom. The largest absolute Gasteiger partial charge is 0.506 e. The van der Waals surface area contributed by atoms with E-state index >= 15 is 0 Å². The van der Waals surface area contributed by atoms with E-state index in [9.17, 15) is 9.90 Å². The molecule has 0 atom stereocenters. The zero-order chi connectivity index (χ0) is 18.4. The minimum absolute atomic E-state index is 0.0516. The lowest BCUT2D eigenvalue weighted by Gasteiger charge is -2.06. The number of hydrogen-bond acceptors (Lipinski definition) is 4. The molecule has 0 bridgehead atoms. The fourth-order valence-corrected chi connectivity index (χ4v) is 3.75. The van der Waals surface area contributed by atoms with Crippen molar-refractivity contribution in [1.29, 1.82) is 0 Å². The fourth-order valence-electron chi connectivity index (χ4n) is 2.64. The smallest absolute Gasteiger partial charge is 0.353 e. The zero-order valence-electron chi connectivity index (χ0n) is 14.2. The van der Waals surface area contributed by atoms with Crippen molar-refractivity contribution in [3.63, 3.8) is 0 Å². The number of thioether (sulfide) groups is 1. The minimum atomic E-state index is -0.520. The summed E-state index contributed by atoms with van der Waals surface area (Å²) in [5.41, 5.74) is 1.45. The van der Waals surface area contributed by atoms with Crippen LogP contribution in [0.3, 0.4) is 0 Å². The molecule has 1 heterocycles. The Morgan fingerprint density at radius 1 is 1.00 bits per heavy atom. The summed E-state index contributed by atoms with van der Waals surface area (Å²) in [4.78, 5) is 12.5. The van der Waals surface area contributed by atoms with Crippen molar-refractivity contribution >= 4 is 23.4 Å². The Bertz CT molecular complexity index is 922. The summed E-state index contributed by atoms with van der Waals surface area (Å²) >= 11 is 7.30. The van der Waals surface area contributed by atoms with Crippen LogP contribution in [-0.4, -0.2) is 10.9 Å². The van der Waals surface area contributed by atoms with Crippen LogP contribution in [0, 0.1) is 0 Å². The number of hydrogen-bond donors (Lipinski definition) is 1. The highest BCUT2D eigenvalue weighted by atomic mass is 35.5. The molecule has 134 valence electrons. The normalized spacial score (nSPS) is 10.8. The molecule has 1 N–H and O–H groups in total. The van der Waals surface area contributed by atoms with Gasteiger partial charge in [0.05, 0.1) is 0 Å². The summed E-state index contributed by atoms with van der Waals surface area (Å²) in [5, 5.41) is 10.8. The lowest BCUT2D eigenvalue weighted by Crippen LogP contribution is -2.03. The lowest BCUT2D eigenvalue weighted by molar-refractivity contribution is 0.430. The fraction of sp³-hybridized carbons (Fsp3) is 0.190. The molecular formula is C21H19ClO3S. The van der Waals surface area contributed by atoms with Crippen molar-refractivity contribution < 1.29 is 9.52 Å². The molecule has 2 aromatic carbocycles. The van der Waals surface area contributed by atoms with Crippen molar-refractivity contribution in [3.05, 3.63) is 81.7 Å². The third-order valence-electron chi connectivity index (χ3n) is 3.95. The van der Waals surface area contributed by atoms with E-state index in [1.807, 2.05) is 18.2 Å². The number of aryl methyl sites for hydroxylation is 1. The standard InChI is InChI=1S/C21H19ClO3S/c22-17-11-6-10-16(13-17)19-14-18(23)20(21(24)25-19)26-12-5-4-9-15-7-2-1-3-8-15/h1-3,6-8,10-11,13-14,23H,4-5,9,12H2. The summed E-state index contributed by atoms with van der Waals surface area (Å²) in [6.07, 6.45) is 2.99. The molecule has 5 heteroatoms. The first-order valence-corrected chi connectivity index (χ1v) is 9.79. The maximum Gasteiger partial charge on any atom is 0.353 e. The molecule has 0 fully saturated rings. The molecule has 0 saturated carbocycles. The third-order valence-corrected chi connectivity index (χ3v) is 5.34.